The number of ether oxygens (including phenoxy) is 1. The lowest BCUT2D eigenvalue weighted by molar-refractivity contribution is -0.113. The van der Waals surface area contributed by atoms with Crippen LogP contribution in [0.3, 0.4) is 0 Å². The van der Waals surface area contributed by atoms with Crippen LogP contribution in [0.25, 0.3) is 17.1 Å². The molecule has 30 heavy (non-hydrogen) atoms. The maximum Gasteiger partial charge on any atom is 0.340 e. The molecule has 0 aliphatic rings. The smallest absolute Gasteiger partial charge is 0.340 e. The van der Waals surface area contributed by atoms with E-state index in [0.29, 0.717) is 33.5 Å². The average molecular weight is 423 g/mol. The second-order valence-corrected chi connectivity index (χ2v) is 6.99. The van der Waals surface area contributed by atoms with Crippen molar-refractivity contribution in [3.63, 3.8) is 0 Å². The molecule has 0 aliphatic carbocycles. The minimum Gasteiger partial charge on any atom is -0.463 e. The number of benzene rings is 1. The fourth-order valence-electron chi connectivity index (χ4n) is 2.71. The number of furan rings is 1. The first kappa shape index (κ1) is 19.6. The summed E-state index contributed by atoms with van der Waals surface area (Å²) in [5.74, 6) is -0.102. The van der Waals surface area contributed by atoms with Gasteiger partial charge in [-0.15, -0.1) is 10.2 Å². The van der Waals surface area contributed by atoms with Gasteiger partial charge in [0.05, 0.1) is 29.9 Å². The largest absolute Gasteiger partial charge is 0.463 e. The summed E-state index contributed by atoms with van der Waals surface area (Å²) < 4.78 is 12.0. The molecule has 4 aromatic rings. The maximum atomic E-state index is 12.5. The van der Waals surface area contributed by atoms with Gasteiger partial charge < -0.3 is 14.5 Å². The van der Waals surface area contributed by atoms with Gasteiger partial charge in [-0.2, -0.15) is 9.61 Å². The molecular formula is C20H17N5O4S. The monoisotopic (exact) mass is 423 g/mol. The molecule has 1 N–H and O–H groups in total. The van der Waals surface area contributed by atoms with E-state index >= 15 is 0 Å². The highest BCUT2D eigenvalue weighted by Gasteiger charge is 2.16. The van der Waals surface area contributed by atoms with Crippen molar-refractivity contribution in [3.8, 4) is 11.5 Å². The zero-order valence-electron chi connectivity index (χ0n) is 15.9. The van der Waals surface area contributed by atoms with E-state index in [1.54, 1.807) is 66.2 Å². The third kappa shape index (κ3) is 4.18. The Labute approximate surface area is 175 Å². The maximum absolute atomic E-state index is 12.5. The molecule has 0 radical (unpaired) electrons. The zero-order chi connectivity index (χ0) is 20.9. The van der Waals surface area contributed by atoms with Crippen LogP contribution in [-0.2, 0) is 9.53 Å². The number of fused-ring (bicyclic) bond motifs is 1. The molecule has 0 unspecified atom stereocenters. The van der Waals surface area contributed by atoms with E-state index in [4.69, 9.17) is 9.15 Å². The first-order chi connectivity index (χ1) is 14.7. The van der Waals surface area contributed by atoms with E-state index in [1.807, 2.05) is 0 Å². The van der Waals surface area contributed by atoms with Crippen LogP contribution in [-0.4, -0.2) is 44.0 Å². The Morgan fingerprint density at radius 2 is 2.00 bits per heavy atom. The Hall–Kier alpha value is -3.66. The summed E-state index contributed by atoms with van der Waals surface area (Å²) in [6, 6.07) is 13.8. The Bertz CT molecular complexity index is 1190. The van der Waals surface area contributed by atoms with Crippen molar-refractivity contribution in [1.29, 1.82) is 0 Å². The minimum atomic E-state index is -0.487. The summed E-state index contributed by atoms with van der Waals surface area (Å²) in [5, 5.41) is 15.8. The molecule has 152 valence electrons. The minimum absolute atomic E-state index is 0.0601. The molecule has 0 bridgehead atoms. The van der Waals surface area contributed by atoms with Crippen molar-refractivity contribution in [3.05, 3.63) is 60.4 Å². The molecule has 0 spiro atoms. The van der Waals surface area contributed by atoms with Gasteiger partial charge >= 0.3 is 5.97 Å². The Morgan fingerprint density at radius 3 is 2.80 bits per heavy atom. The van der Waals surface area contributed by atoms with Gasteiger partial charge in [-0.05, 0) is 43.3 Å². The summed E-state index contributed by atoms with van der Waals surface area (Å²) in [5.41, 5.74) is 1.88. The van der Waals surface area contributed by atoms with Crippen molar-refractivity contribution in [2.75, 3.05) is 17.7 Å². The van der Waals surface area contributed by atoms with Gasteiger partial charge in [-0.25, -0.2) is 4.79 Å². The van der Waals surface area contributed by atoms with E-state index in [-0.39, 0.29) is 18.3 Å². The number of hydrogen-bond acceptors (Lipinski definition) is 8. The molecule has 0 aliphatic heterocycles. The van der Waals surface area contributed by atoms with Crippen LogP contribution in [0.4, 0.5) is 5.69 Å². The number of nitrogens with one attached hydrogen (secondary N) is 1. The molecular weight excluding hydrogens is 406 g/mol. The van der Waals surface area contributed by atoms with Gasteiger partial charge in [0.1, 0.15) is 5.69 Å². The molecule has 1 amide bonds. The van der Waals surface area contributed by atoms with Crippen molar-refractivity contribution in [2.45, 2.75) is 12.1 Å². The predicted octanol–water partition coefficient (Wildman–Crippen LogP) is 3.29. The number of thioether (sulfide) groups is 1. The topological polar surface area (TPSA) is 112 Å². The second kappa shape index (κ2) is 8.78. The molecule has 3 aromatic heterocycles. The van der Waals surface area contributed by atoms with E-state index in [0.717, 1.165) is 0 Å². The van der Waals surface area contributed by atoms with E-state index in [9.17, 15) is 9.59 Å². The number of nitrogens with zero attached hydrogens (tertiary/aromatic N) is 4. The molecule has 4 rings (SSSR count). The van der Waals surface area contributed by atoms with E-state index in [1.165, 1.54) is 11.8 Å². The van der Waals surface area contributed by atoms with Gasteiger partial charge in [0.15, 0.2) is 11.4 Å². The average Bonchev–Trinajstić information content (AvgIpc) is 3.42. The van der Waals surface area contributed by atoms with Crippen LogP contribution in [0.15, 0.2) is 64.4 Å². The Balaban J connectivity index is 1.47. The van der Waals surface area contributed by atoms with E-state index in [2.05, 4.69) is 20.6 Å². The van der Waals surface area contributed by atoms with Crippen molar-refractivity contribution >= 4 is 35.0 Å². The molecule has 9 nitrogen and oxygen atoms in total. The highest BCUT2D eigenvalue weighted by atomic mass is 32.2. The molecule has 10 heteroatoms. The first-order valence-corrected chi connectivity index (χ1v) is 10.1. The summed E-state index contributed by atoms with van der Waals surface area (Å²) in [6.45, 7) is 1.98. The Kier molecular flexibility index (Phi) is 5.75. The zero-order valence-corrected chi connectivity index (χ0v) is 16.8. The van der Waals surface area contributed by atoms with Gasteiger partial charge in [0.2, 0.25) is 11.1 Å². The lowest BCUT2D eigenvalue weighted by Gasteiger charge is -2.10. The number of amides is 1. The third-order valence-electron chi connectivity index (χ3n) is 4.04. The highest BCUT2D eigenvalue weighted by Crippen LogP contribution is 2.22. The molecule has 0 fully saturated rings. The molecule has 0 saturated carbocycles. The summed E-state index contributed by atoms with van der Waals surface area (Å²) >= 11 is 1.18. The van der Waals surface area contributed by atoms with Crippen LogP contribution >= 0.6 is 11.8 Å². The normalized spacial score (nSPS) is 10.8. The van der Waals surface area contributed by atoms with Crippen molar-refractivity contribution in [1.82, 2.24) is 19.8 Å². The summed E-state index contributed by atoms with van der Waals surface area (Å²) in [4.78, 5) is 24.5. The molecule has 0 saturated heterocycles. The van der Waals surface area contributed by atoms with Gasteiger partial charge in [0, 0.05) is 0 Å². The van der Waals surface area contributed by atoms with Gasteiger partial charge in [-0.3, -0.25) is 4.79 Å². The molecule has 3 heterocycles. The fourth-order valence-corrected chi connectivity index (χ4v) is 3.40. The number of anilines is 1. The van der Waals surface area contributed by atoms with Crippen LogP contribution in [0.5, 0.6) is 0 Å². The Morgan fingerprint density at radius 1 is 1.13 bits per heavy atom. The second-order valence-electron chi connectivity index (χ2n) is 6.05. The number of para-hydroxylation sites is 1. The lowest BCUT2D eigenvalue weighted by Crippen LogP contribution is -2.17. The number of hydrogen-bond donors (Lipinski definition) is 1. The quantitative estimate of drug-likeness (QED) is 0.356. The van der Waals surface area contributed by atoms with Crippen LogP contribution in [0, 0.1) is 0 Å². The third-order valence-corrected chi connectivity index (χ3v) is 4.96. The number of carbonyl (C=O) groups excluding carboxylic acids is 2. The summed E-state index contributed by atoms with van der Waals surface area (Å²) in [7, 11) is 0. The summed E-state index contributed by atoms with van der Waals surface area (Å²) in [6.07, 6.45) is 1.57. The molecule has 1 aromatic carbocycles. The van der Waals surface area contributed by atoms with Crippen molar-refractivity contribution < 1.29 is 18.7 Å². The van der Waals surface area contributed by atoms with Crippen molar-refractivity contribution in [2.24, 2.45) is 0 Å². The van der Waals surface area contributed by atoms with Crippen LogP contribution in [0.1, 0.15) is 17.3 Å². The van der Waals surface area contributed by atoms with Gasteiger partial charge in [-0.1, -0.05) is 23.9 Å². The first-order valence-electron chi connectivity index (χ1n) is 9.11. The number of esters is 1. The van der Waals surface area contributed by atoms with Gasteiger partial charge in [0.25, 0.3) is 0 Å². The number of aromatic nitrogens is 4. The fraction of sp³-hybridized carbons (Fsp3) is 0.150. The predicted molar refractivity (Wildman–Crippen MR) is 110 cm³/mol. The lowest BCUT2D eigenvalue weighted by atomic mass is 10.2. The SMILES string of the molecule is CCOC(=O)c1ccccc1NC(=O)CSc1nnc2ccc(-c3ccco3)nn12. The molecule has 0 atom stereocenters. The number of rotatable bonds is 7. The van der Waals surface area contributed by atoms with Crippen LogP contribution in [0.2, 0.25) is 0 Å². The standard InChI is InChI=1S/C20H17N5O4S/c1-2-28-19(27)13-6-3-4-7-14(13)21-18(26)12-30-20-23-22-17-10-9-15(24-25(17)20)16-8-5-11-29-16/h3-11H,2,12H2,1H3,(H,21,26). The van der Waals surface area contributed by atoms with E-state index < -0.39 is 5.97 Å². The highest BCUT2D eigenvalue weighted by molar-refractivity contribution is 7.99. The van der Waals surface area contributed by atoms with Crippen LogP contribution < -0.4 is 5.32 Å². The number of carbonyl (C=O) groups is 2.